The van der Waals surface area contributed by atoms with Crippen molar-refractivity contribution in [3.63, 3.8) is 0 Å². The van der Waals surface area contributed by atoms with E-state index in [0.717, 1.165) is 5.92 Å². The van der Waals surface area contributed by atoms with Gasteiger partial charge in [0.15, 0.2) is 0 Å². The third kappa shape index (κ3) is 3.95. The van der Waals surface area contributed by atoms with Crippen molar-refractivity contribution < 1.29 is 0 Å². The van der Waals surface area contributed by atoms with E-state index < -0.39 is 0 Å². The van der Waals surface area contributed by atoms with Crippen LogP contribution >= 0.6 is 0 Å². The molecule has 2 aliphatic rings. The molecule has 2 atom stereocenters. The third-order valence-corrected chi connectivity index (χ3v) is 6.13. The lowest BCUT2D eigenvalue weighted by Gasteiger charge is -2.42. The van der Waals surface area contributed by atoms with Crippen molar-refractivity contribution in [1.29, 1.82) is 0 Å². The summed E-state index contributed by atoms with van der Waals surface area (Å²) in [6.45, 7) is 8.64. The van der Waals surface area contributed by atoms with Crippen molar-refractivity contribution in [2.45, 2.75) is 77.7 Å². The molecule has 2 heteroatoms. The number of hydrogen-bond acceptors (Lipinski definition) is 2. The van der Waals surface area contributed by atoms with Crippen molar-refractivity contribution in [2.24, 2.45) is 17.1 Å². The number of hydrogen-bond donors (Lipinski definition) is 1. The van der Waals surface area contributed by atoms with Crippen molar-refractivity contribution in [3.8, 4) is 0 Å². The molecule has 1 saturated heterocycles. The molecule has 1 saturated carbocycles. The van der Waals surface area contributed by atoms with Gasteiger partial charge in [0.05, 0.1) is 0 Å². The zero-order chi connectivity index (χ0) is 13.7. The summed E-state index contributed by atoms with van der Waals surface area (Å²) in [4.78, 5) is 2.71. The smallest absolute Gasteiger partial charge is 0.00793 e. The first-order chi connectivity index (χ1) is 9.19. The molecule has 0 aromatic carbocycles. The van der Waals surface area contributed by atoms with Gasteiger partial charge < -0.3 is 10.6 Å². The predicted molar refractivity (Wildman–Crippen MR) is 83.2 cm³/mol. The maximum atomic E-state index is 6.38. The molecular weight excluding hydrogens is 232 g/mol. The van der Waals surface area contributed by atoms with Crippen LogP contribution < -0.4 is 5.73 Å². The van der Waals surface area contributed by atoms with Crippen LogP contribution in [-0.4, -0.2) is 30.6 Å². The molecule has 1 heterocycles. The lowest BCUT2D eigenvalue weighted by Crippen LogP contribution is -2.44. The first-order valence-electron chi connectivity index (χ1n) is 8.67. The molecular formula is C17H34N2. The van der Waals surface area contributed by atoms with Crippen LogP contribution in [0.15, 0.2) is 0 Å². The molecule has 1 aliphatic heterocycles. The maximum absolute atomic E-state index is 6.38. The molecule has 0 aromatic heterocycles. The van der Waals surface area contributed by atoms with Gasteiger partial charge >= 0.3 is 0 Å². The Hall–Kier alpha value is -0.0800. The quantitative estimate of drug-likeness (QED) is 0.784. The van der Waals surface area contributed by atoms with Crippen LogP contribution in [-0.2, 0) is 0 Å². The zero-order valence-electron chi connectivity index (χ0n) is 13.2. The summed E-state index contributed by atoms with van der Waals surface area (Å²) in [5, 5.41) is 0. The second-order valence-electron chi connectivity index (χ2n) is 7.07. The second-order valence-corrected chi connectivity index (χ2v) is 7.07. The summed E-state index contributed by atoms with van der Waals surface area (Å²) < 4.78 is 0. The van der Waals surface area contributed by atoms with Crippen molar-refractivity contribution in [2.75, 3.05) is 19.6 Å². The Morgan fingerprint density at radius 2 is 1.63 bits per heavy atom. The highest BCUT2D eigenvalue weighted by atomic mass is 15.1. The van der Waals surface area contributed by atoms with Crippen LogP contribution in [0.25, 0.3) is 0 Å². The highest BCUT2D eigenvalue weighted by Crippen LogP contribution is 2.38. The van der Waals surface area contributed by atoms with Crippen molar-refractivity contribution in [3.05, 3.63) is 0 Å². The first kappa shape index (κ1) is 15.3. The Morgan fingerprint density at radius 1 is 1.00 bits per heavy atom. The summed E-state index contributed by atoms with van der Waals surface area (Å²) >= 11 is 0. The van der Waals surface area contributed by atoms with Crippen LogP contribution in [0.2, 0.25) is 0 Å². The van der Waals surface area contributed by atoms with Gasteiger partial charge in [-0.25, -0.2) is 0 Å². The Bertz CT molecular complexity index is 250. The molecule has 0 bridgehead atoms. The Balaban J connectivity index is 1.81. The highest BCUT2D eigenvalue weighted by Gasteiger charge is 2.32. The molecule has 0 radical (unpaired) electrons. The molecule has 112 valence electrons. The highest BCUT2D eigenvalue weighted by molar-refractivity contribution is 4.86. The average Bonchev–Trinajstić information content (AvgIpc) is 2.65. The van der Waals surface area contributed by atoms with Crippen LogP contribution in [0.5, 0.6) is 0 Å². The molecule has 0 amide bonds. The fourth-order valence-electron chi connectivity index (χ4n) is 4.14. The second kappa shape index (κ2) is 7.08. The van der Waals surface area contributed by atoms with Gasteiger partial charge in [-0.2, -0.15) is 0 Å². The summed E-state index contributed by atoms with van der Waals surface area (Å²) in [7, 11) is 0. The van der Waals surface area contributed by atoms with Crippen molar-refractivity contribution in [1.82, 2.24) is 4.90 Å². The molecule has 19 heavy (non-hydrogen) atoms. The number of rotatable bonds is 4. The Labute approximate surface area is 120 Å². The lowest BCUT2D eigenvalue weighted by atomic mass is 9.74. The predicted octanol–water partition coefficient (Wildman–Crippen LogP) is 3.80. The van der Waals surface area contributed by atoms with Crippen LogP contribution in [0, 0.1) is 11.3 Å². The minimum Gasteiger partial charge on any atom is -0.327 e. The van der Waals surface area contributed by atoms with Crippen LogP contribution in [0.4, 0.5) is 0 Å². The zero-order valence-corrected chi connectivity index (χ0v) is 13.2. The molecule has 2 rings (SSSR count). The van der Waals surface area contributed by atoms with E-state index in [4.69, 9.17) is 5.73 Å². The molecule has 2 N–H and O–H groups in total. The van der Waals surface area contributed by atoms with E-state index >= 15 is 0 Å². The van der Waals surface area contributed by atoms with E-state index in [1.165, 1.54) is 77.4 Å². The van der Waals surface area contributed by atoms with E-state index in [1.54, 1.807) is 0 Å². The van der Waals surface area contributed by atoms with E-state index in [2.05, 4.69) is 18.7 Å². The van der Waals surface area contributed by atoms with Gasteiger partial charge in [-0.3, -0.25) is 0 Å². The maximum Gasteiger partial charge on any atom is 0.00793 e. The van der Waals surface area contributed by atoms with Gasteiger partial charge in [-0.05, 0) is 50.1 Å². The van der Waals surface area contributed by atoms with Crippen molar-refractivity contribution >= 4 is 0 Å². The summed E-state index contributed by atoms with van der Waals surface area (Å²) in [5.41, 5.74) is 7.03. The molecule has 0 spiro atoms. The van der Waals surface area contributed by atoms with E-state index in [-0.39, 0.29) is 0 Å². The Morgan fingerprint density at radius 3 is 2.26 bits per heavy atom. The monoisotopic (exact) mass is 266 g/mol. The molecule has 2 fully saturated rings. The number of piperidine rings is 1. The minimum absolute atomic E-state index is 0.464. The largest absolute Gasteiger partial charge is 0.327 e. The van der Waals surface area contributed by atoms with E-state index in [9.17, 15) is 0 Å². The topological polar surface area (TPSA) is 29.3 Å². The summed E-state index contributed by atoms with van der Waals surface area (Å²) in [5.74, 6) is 0.762. The van der Waals surface area contributed by atoms with Gasteiger partial charge in [0, 0.05) is 12.6 Å². The average molecular weight is 266 g/mol. The molecule has 2 unspecified atom stereocenters. The van der Waals surface area contributed by atoms with E-state index in [1.807, 2.05) is 0 Å². The third-order valence-electron chi connectivity index (χ3n) is 6.13. The van der Waals surface area contributed by atoms with Gasteiger partial charge in [-0.15, -0.1) is 0 Å². The van der Waals surface area contributed by atoms with Crippen LogP contribution in [0.3, 0.4) is 0 Å². The van der Waals surface area contributed by atoms with Gasteiger partial charge in [0.25, 0.3) is 0 Å². The van der Waals surface area contributed by atoms with Gasteiger partial charge in [0.1, 0.15) is 0 Å². The summed E-state index contributed by atoms with van der Waals surface area (Å²) in [6.07, 6.45) is 12.3. The minimum atomic E-state index is 0.464. The number of nitrogens with two attached hydrogens (primary N) is 1. The van der Waals surface area contributed by atoms with Crippen LogP contribution in [0.1, 0.15) is 71.6 Å². The standard InChI is InChI=1S/C17H34N2/c1-3-17(4-2)10-12-19(13-11-17)14-15-8-6-5-7-9-16(15)18/h15-16H,3-14,18H2,1-2H3. The van der Waals surface area contributed by atoms with E-state index in [0.29, 0.717) is 11.5 Å². The fourth-order valence-corrected chi connectivity index (χ4v) is 4.14. The fraction of sp³-hybridized carbons (Fsp3) is 1.00. The normalized spacial score (nSPS) is 33.0. The lowest BCUT2D eigenvalue weighted by molar-refractivity contribution is 0.0798. The summed E-state index contributed by atoms with van der Waals surface area (Å²) in [6, 6.07) is 0.464. The Kier molecular flexibility index (Phi) is 5.70. The van der Waals surface area contributed by atoms with Gasteiger partial charge in [0.2, 0.25) is 0 Å². The number of nitrogens with zero attached hydrogens (tertiary/aromatic N) is 1. The molecule has 1 aliphatic carbocycles. The SMILES string of the molecule is CCC1(CC)CCN(CC2CCCCCC2N)CC1. The molecule has 2 nitrogen and oxygen atoms in total. The van der Waals surface area contributed by atoms with Gasteiger partial charge in [-0.1, -0.05) is 46.0 Å². The first-order valence-corrected chi connectivity index (χ1v) is 8.67. The number of likely N-dealkylation sites (tertiary alicyclic amines) is 1. The molecule has 0 aromatic rings.